The van der Waals surface area contributed by atoms with Gasteiger partial charge in [0.1, 0.15) is 5.75 Å². The zero-order valence-corrected chi connectivity index (χ0v) is 20.2. The van der Waals surface area contributed by atoms with E-state index in [1.807, 2.05) is 18.2 Å². The van der Waals surface area contributed by atoms with Crippen LogP contribution in [0.2, 0.25) is 0 Å². The Bertz CT molecular complexity index is 1010. The standard InChI is InChI=1S/C30H37NO3/c1-31-20-5-9-26(31)19-22-34-28-17-13-25(14-18-28)30(24-11-15-27(33)16-12-24)29(10-6-21-32)23-7-3-2-4-8-23/h2-4,7-8,11-17,26,28,32-33H,5-6,9-10,18-22H2,1H3/b30-29-. The van der Waals surface area contributed by atoms with E-state index in [9.17, 15) is 10.2 Å². The zero-order chi connectivity index (χ0) is 23.8. The number of ether oxygens (including phenoxy) is 1. The molecule has 2 N–H and O–H groups in total. The number of hydrogen-bond acceptors (Lipinski definition) is 4. The fraction of sp³-hybridized carbons (Fsp3) is 0.400. The van der Waals surface area contributed by atoms with Crippen LogP contribution in [0.3, 0.4) is 0 Å². The second-order valence-corrected chi connectivity index (χ2v) is 9.32. The van der Waals surface area contributed by atoms with Gasteiger partial charge in [0, 0.05) is 19.3 Å². The fourth-order valence-electron chi connectivity index (χ4n) is 5.06. The summed E-state index contributed by atoms with van der Waals surface area (Å²) in [4.78, 5) is 2.45. The number of aromatic hydroxyl groups is 1. The molecule has 2 unspecified atom stereocenters. The van der Waals surface area contributed by atoms with Crippen LogP contribution in [0.5, 0.6) is 5.75 Å². The van der Waals surface area contributed by atoms with E-state index in [4.69, 9.17) is 4.74 Å². The van der Waals surface area contributed by atoms with Crippen molar-refractivity contribution < 1.29 is 14.9 Å². The molecule has 4 nitrogen and oxygen atoms in total. The van der Waals surface area contributed by atoms with Gasteiger partial charge >= 0.3 is 0 Å². The lowest BCUT2D eigenvalue weighted by molar-refractivity contribution is 0.0719. The minimum absolute atomic E-state index is 0.106. The van der Waals surface area contributed by atoms with E-state index in [0.717, 1.165) is 48.1 Å². The Morgan fingerprint density at radius 3 is 2.50 bits per heavy atom. The quantitative estimate of drug-likeness (QED) is 0.439. The second-order valence-electron chi connectivity index (χ2n) is 9.32. The first kappa shape index (κ1) is 24.5. The molecule has 2 aromatic carbocycles. The van der Waals surface area contributed by atoms with Gasteiger partial charge in [0.05, 0.1) is 6.10 Å². The molecule has 4 rings (SSSR count). The van der Waals surface area contributed by atoms with Crippen LogP contribution in [0.1, 0.15) is 49.7 Å². The summed E-state index contributed by atoms with van der Waals surface area (Å²) in [5, 5.41) is 19.4. The van der Waals surface area contributed by atoms with Crippen molar-refractivity contribution in [1.82, 2.24) is 4.90 Å². The first-order valence-corrected chi connectivity index (χ1v) is 12.5. The molecule has 1 aliphatic heterocycles. The van der Waals surface area contributed by atoms with Crippen molar-refractivity contribution in [2.75, 3.05) is 26.8 Å². The highest BCUT2D eigenvalue weighted by Crippen LogP contribution is 2.37. The maximum Gasteiger partial charge on any atom is 0.115 e. The highest BCUT2D eigenvalue weighted by Gasteiger charge is 2.22. The predicted octanol–water partition coefficient (Wildman–Crippen LogP) is 5.83. The van der Waals surface area contributed by atoms with Gasteiger partial charge < -0.3 is 19.8 Å². The van der Waals surface area contributed by atoms with Crippen LogP contribution in [0.4, 0.5) is 0 Å². The van der Waals surface area contributed by atoms with Gasteiger partial charge in [-0.2, -0.15) is 0 Å². The summed E-state index contributed by atoms with van der Waals surface area (Å²) in [7, 11) is 2.21. The lowest BCUT2D eigenvalue weighted by atomic mass is 9.85. The van der Waals surface area contributed by atoms with Crippen LogP contribution in [0, 0.1) is 0 Å². The van der Waals surface area contributed by atoms with Crippen LogP contribution in [-0.4, -0.2) is 54.1 Å². The van der Waals surface area contributed by atoms with Gasteiger partial charge in [-0.1, -0.05) is 60.7 Å². The van der Waals surface area contributed by atoms with Crippen molar-refractivity contribution in [3.63, 3.8) is 0 Å². The molecule has 0 radical (unpaired) electrons. The molecule has 4 heteroatoms. The third-order valence-electron chi connectivity index (χ3n) is 6.97. The van der Waals surface area contributed by atoms with Gasteiger partial charge in [0.25, 0.3) is 0 Å². The Labute approximate surface area is 203 Å². The van der Waals surface area contributed by atoms with E-state index in [-0.39, 0.29) is 18.5 Å². The van der Waals surface area contributed by atoms with Crippen molar-refractivity contribution in [3.8, 4) is 5.75 Å². The van der Waals surface area contributed by atoms with Crippen LogP contribution in [0.25, 0.3) is 11.1 Å². The average molecular weight is 460 g/mol. The van der Waals surface area contributed by atoms with Gasteiger partial charge in [-0.15, -0.1) is 0 Å². The second kappa shape index (κ2) is 12.2. The first-order chi connectivity index (χ1) is 16.7. The lowest BCUT2D eigenvalue weighted by Gasteiger charge is -2.23. The molecular weight excluding hydrogens is 422 g/mol. The smallest absolute Gasteiger partial charge is 0.115 e. The SMILES string of the molecule is CN1CCCC1CCOC1C=CC(/C(=C(/CCCO)c2ccccc2)c2ccc(O)cc2)=CC1. The summed E-state index contributed by atoms with van der Waals surface area (Å²) in [5.41, 5.74) is 5.75. The van der Waals surface area contributed by atoms with Crippen molar-refractivity contribution >= 4 is 11.1 Å². The van der Waals surface area contributed by atoms with E-state index < -0.39 is 0 Å². The first-order valence-electron chi connectivity index (χ1n) is 12.5. The summed E-state index contributed by atoms with van der Waals surface area (Å²) in [5.74, 6) is 0.259. The Hall–Kier alpha value is -2.66. The van der Waals surface area contributed by atoms with Gasteiger partial charge in [-0.05, 0) is 92.1 Å². The van der Waals surface area contributed by atoms with E-state index in [1.165, 1.54) is 25.0 Å². The summed E-state index contributed by atoms with van der Waals surface area (Å²) in [6.45, 7) is 2.15. The topological polar surface area (TPSA) is 52.9 Å². The number of phenolic OH excluding ortho intramolecular Hbond substituents is 1. The molecule has 2 atom stereocenters. The van der Waals surface area contributed by atoms with Crippen LogP contribution in [0.15, 0.2) is 78.4 Å². The van der Waals surface area contributed by atoms with Gasteiger partial charge in [0.2, 0.25) is 0 Å². The Morgan fingerprint density at radius 2 is 1.85 bits per heavy atom. The molecule has 180 valence electrons. The molecule has 0 aromatic heterocycles. The largest absolute Gasteiger partial charge is 0.508 e. The fourth-order valence-corrected chi connectivity index (χ4v) is 5.06. The molecule has 1 heterocycles. The Kier molecular flexibility index (Phi) is 8.75. The number of allylic oxidation sites excluding steroid dienone is 4. The van der Waals surface area contributed by atoms with E-state index >= 15 is 0 Å². The molecule has 2 aliphatic rings. The van der Waals surface area contributed by atoms with Crippen molar-refractivity contribution in [2.45, 2.75) is 50.7 Å². The van der Waals surface area contributed by atoms with Gasteiger partial charge in [0.15, 0.2) is 0 Å². The van der Waals surface area contributed by atoms with Gasteiger partial charge in [-0.3, -0.25) is 0 Å². The molecule has 0 spiro atoms. The maximum atomic E-state index is 9.86. The molecule has 1 saturated heterocycles. The molecule has 0 bridgehead atoms. The number of hydrogen-bond donors (Lipinski definition) is 2. The van der Waals surface area contributed by atoms with Crippen molar-refractivity contribution in [1.29, 1.82) is 0 Å². The van der Waals surface area contributed by atoms with Crippen LogP contribution < -0.4 is 0 Å². The summed E-state index contributed by atoms with van der Waals surface area (Å²) < 4.78 is 6.21. The Balaban J connectivity index is 1.56. The van der Waals surface area contributed by atoms with E-state index in [2.05, 4.69) is 54.4 Å². The number of likely N-dealkylation sites (tertiary alicyclic amines) is 1. The molecule has 0 saturated carbocycles. The van der Waals surface area contributed by atoms with Gasteiger partial charge in [-0.25, -0.2) is 0 Å². The lowest BCUT2D eigenvalue weighted by Crippen LogP contribution is -2.27. The normalized spacial score (nSPS) is 21.4. The minimum Gasteiger partial charge on any atom is -0.508 e. The number of benzene rings is 2. The Morgan fingerprint density at radius 1 is 1.06 bits per heavy atom. The predicted molar refractivity (Wildman–Crippen MR) is 140 cm³/mol. The van der Waals surface area contributed by atoms with Crippen molar-refractivity contribution in [3.05, 3.63) is 89.5 Å². The number of rotatable bonds is 10. The summed E-state index contributed by atoms with van der Waals surface area (Å²) in [6, 6.07) is 18.5. The maximum absolute atomic E-state index is 9.86. The highest BCUT2D eigenvalue weighted by atomic mass is 16.5. The average Bonchev–Trinajstić information content (AvgIpc) is 3.28. The summed E-state index contributed by atoms with van der Waals surface area (Å²) in [6.07, 6.45) is 12.7. The highest BCUT2D eigenvalue weighted by molar-refractivity contribution is 5.99. The van der Waals surface area contributed by atoms with E-state index in [1.54, 1.807) is 12.1 Å². The monoisotopic (exact) mass is 459 g/mol. The third kappa shape index (κ3) is 6.26. The molecule has 34 heavy (non-hydrogen) atoms. The molecule has 1 aliphatic carbocycles. The minimum atomic E-state index is 0.106. The number of aliphatic hydroxyl groups is 1. The van der Waals surface area contributed by atoms with Crippen LogP contribution in [-0.2, 0) is 4.74 Å². The zero-order valence-electron chi connectivity index (χ0n) is 20.2. The third-order valence-corrected chi connectivity index (χ3v) is 6.97. The molecule has 0 amide bonds. The number of phenols is 1. The molecule has 1 fully saturated rings. The van der Waals surface area contributed by atoms with Crippen molar-refractivity contribution in [2.24, 2.45) is 0 Å². The van der Waals surface area contributed by atoms with Crippen LogP contribution >= 0.6 is 0 Å². The molecule has 2 aromatic rings. The number of aliphatic hydroxyl groups excluding tert-OH is 1. The molecular formula is C30H37NO3. The summed E-state index contributed by atoms with van der Waals surface area (Å²) >= 11 is 0. The van der Waals surface area contributed by atoms with E-state index in [0.29, 0.717) is 12.5 Å². The number of nitrogens with zero attached hydrogens (tertiary/aromatic N) is 1.